The van der Waals surface area contributed by atoms with E-state index in [-0.39, 0.29) is 16.9 Å². The van der Waals surface area contributed by atoms with Gasteiger partial charge in [-0.15, -0.1) is 0 Å². The number of aliphatic hydroxyl groups is 1. The summed E-state index contributed by atoms with van der Waals surface area (Å²) in [4.78, 5) is -0.000625. The molecule has 0 radical (unpaired) electrons. The van der Waals surface area contributed by atoms with Gasteiger partial charge in [-0.2, -0.15) is 13.2 Å². The van der Waals surface area contributed by atoms with Crippen LogP contribution in [-0.2, 0) is 22.6 Å². The molecule has 0 aliphatic rings. The van der Waals surface area contributed by atoms with Crippen LogP contribution in [0.15, 0.2) is 95.9 Å². The van der Waals surface area contributed by atoms with Crippen molar-refractivity contribution in [3.05, 3.63) is 114 Å². The van der Waals surface area contributed by atoms with Crippen molar-refractivity contribution < 1.29 is 31.1 Å². The van der Waals surface area contributed by atoms with E-state index in [4.69, 9.17) is 0 Å². The van der Waals surface area contributed by atoms with E-state index in [2.05, 4.69) is 4.72 Å². The molecule has 2 unspecified atom stereocenters. The summed E-state index contributed by atoms with van der Waals surface area (Å²) >= 11 is 0. The van der Waals surface area contributed by atoms with Gasteiger partial charge < -0.3 is 5.11 Å². The number of aliphatic hydroxyl groups excluding tert-OH is 1. The number of halogens is 4. The zero-order valence-electron chi connectivity index (χ0n) is 18.2. The van der Waals surface area contributed by atoms with E-state index in [9.17, 15) is 31.1 Å². The van der Waals surface area contributed by atoms with E-state index < -0.39 is 39.7 Å². The van der Waals surface area contributed by atoms with Crippen LogP contribution >= 0.6 is 0 Å². The summed E-state index contributed by atoms with van der Waals surface area (Å²) in [5.74, 6) is -0.531. The Kier molecular flexibility index (Phi) is 6.93. The van der Waals surface area contributed by atoms with Crippen LogP contribution in [0.1, 0.15) is 22.8 Å². The maximum atomic E-state index is 13.4. The zero-order valence-corrected chi connectivity index (χ0v) is 19.0. The van der Waals surface area contributed by atoms with Gasteiger partial charge in [-0.05, 0) is 53.3 Å². The van der Waals surface area contributed by atoms with Crippen molar-refractivity contribution in [1.82, 2.24) is 4.72 Å². The third-order valence-corrected chi connectivity index (χ3v) is 7.22. The third-order valence-electron chi connectivity index (χ3n) is 5.68. The molecule has 9 heteroatoms. The van der Waals surface area contributed by atoms with Crippen molar-refractivity contribution in [3.63, 3.8) is 0 Å². The van der Waals surface area contributed by atoms with E-state index in [1.807, 2.05) is 0 Å². The minimum absolute atomic E-state index is 0.000625. The van der Waals surface area contributed by atoms with Crippen LogP contribution in [0.2, 0.25) is 0 Å². The van der Waals surface area contributed by atoms with E-state index in [1.165, 1.54) is 30.3 Å². The molecule has 0 aromatic heterocycles. The molecular weight excluding hydrogens is 482 g/mol. The monoisotopic (exact) mass is 503 g/mol. The van der Waals surface area contributed by atoms with Crippen molar-refractivity contribution in [3.8, 4) is 0 Å². The Labute approximate surface area is 199 Å². The number of nitrogens with one attached hydrogen (secondary N) is 1. The van der Waals surface area contributed by atoms with E-state index in [0.717, 1.165) is 24.3 Å². The summed E-state index contributed by atoms with van der Waals surface area (Å²) < 4.78 is 81.5. The van der Waals surface area contributed by atoms with E-state index in [0.29, 0.717) is 16.3 Å². The molecule has 182 valence electrons. The van der Waals surface area contributed by atoms with Crippen LogP contribution in [0.25, 0.3) is 10.8 Å². The fraction of sp³-hybridized carbons (Fsp3) is 0.154. The topological polar surface area (TPSA) is 66.4 Å². The van der Waals surface area contributed by atoms with Gasteiger partial charge in [0.2, 0.25) is 10.0 Å². The summed E-state index contributed by atoms with van der Waals surface area (Å²) in [6.45, 7) is 0. The van der Waals surface area contributed by atoms with E-state index >= 15 is 0 Å². The molecule has 2 N–H and O–H groups in total. The second kappa shape index (κ2) is 9.77. The molecule has 4 aromatic carbocycles. The number of fused-ring (bicyclic) bond motifs is 1. The van der Waals surface area contributed by atoms with Crippen LogP contribution in [0.4, 0.5) is 17.6 Å². The zero-order chi connectivity index (χ0) is 25.2. The lowest BCUT2D eigenvalue weighted by Crippen LogP contribution is -2.41. The summed E-state index contributed by atoms with van der Waals surface area (Å²) in [6, 6.07) is 19.7. The van der Waals surface area contributed by atoms with Gasteiger partial charge in [0, 0.05) is 5.39 Å². The van der Waals surface area contributed by atoms with Crippen molar-refractivity contribution >= 4 is 20.8 Å². The molecule has 0 aliphatic carbocycles. The maximum absolute atomic E-state index is 13.4. The third kappa shape index (κ3) is 5.70. The van der Waals surface area contributed by atoms with Crippen LogP contribution < -0.4 is 4.72 Å². The number of benzene rings is 4. The molecule has 4 rings (SSSR count). The molecule has 0 fully saturated rings. The molecule has 0 heterocycles. The SMILES string of the molecule is O=S(=O)(NC(Cc1ccc(C(F)(F)F)cc1)C(O)c1ccc(F)cc1)c1cccc2ccccc12. The molecule has 0 bridgehead atoms. The normalized spacial score (nSPS) is 14.1. The molecule has 2 atom stereocenters. The molecule has 4 nitrogen and oxygen atoms in total. The van der Waals surface area contributed by atoms with Crippen LogP contribution in [-0.4, -0.2) is 19.6 Å². The first-order valence-electron chi connectivity index (χ1n) is 10.6. The summed E-state index contributed by atoms with van der Waals surface area (Å²) in [5, 5.41) is 12.2. The molecular formula is C26H21F4NO3S. The fourth-order valence-corrected chi connectivity index (χ4v) is 5.36. The minimum atomic E-state index is -4.51. The average molecular weight is 504 g/mol. The lowest BCUT2D eigenvalue weighted by Gasteiger charge is -2.25. The Morgan fingerprint density at radius 1 is 0.829 bits per heavy atom. The highest BCUT2D eigenvalue weighted by Crippen LogP contribution is 2.30. The largest absolute Gasteiger partial charge is 0.416 e. The summed E-state index contributed by atoms with van der Waals surface area (Å²) in [5.41, 5.74) is -0.207. The second-order valence-corrected chi connectivity index (χ2v) is 9.78. The Hall–Kier alpha value is -3.27. The Morgan fingerprint density at radius 3 is 2.11 bits per heavy atom. The van der Waals surface area contributed by atoms with Crippen molar-refractivity contribution in [2.24, 2.45) is 0 Å². The molecule has 0 saturated carbocycles. The summed E-state index contributed by atoms with van der Waals surface area (Å²) in [7, 11) is -4.16. The number of rotatable bonds is 7. The number of hydrogen-bond donors (Lipinski definition) is 2. The summed E-state index contributed by atoms with van der Waals surface area (Å²) in [6.07, 6.45) is -6.02. The first kappa shape index (κ1) is 24.8. The van der Waals surface area contributed by atoms with Gasteiger partial charge >= 0.3 is 6.18 Å². The standard InChI is InChI=1S/C26H21F4NO3S/c27-21-14-10-19(11-15-21)25(32)23(16-17-8-12-20(13-9-17)26(28,29)30)31-35(33,34)24-7-3-5-18-4-1-2-6-22(18)24/h1-15,23,25,31-32H,16H2. The van der Waals surface area contributed by atoms with Gasteiger partial charge in [0.05, 0.1) is 22.6 Å². The highest BCUT2D eigenvalue weighted by molar-refractivity contribution is 7.89. The molecule has 0 saturated heterocycles. The first-order valence-corrected chi connectivity index (χ1v) is 12.1. The van der Waals surface area contributed by atoms with Crippen molar-refractivity contribution in [2.45, 2.75) is 29.6 Å². The molecule has 35 heavy (non-hydrogen) atoms. The Morgan fingerprint density at radius 2 is 1.46 bits per heavy atom. The Balaban J connectivity index is 1.70. The minimum Gasteiger partial charge on any atom is -0.387 e. The van der Waals surface area contributed by atoms with Gasteiger partial charge in [0.15, 0.2) is 0 Å². The quantitative estimate of drug-likeness (QED) is 0.322. The molecule has 0 amide bonds. The smallest absolute Gasteiger partial charge is 0.387 e. The van der Waals surface area contributed by atoms with Crippen molar-refractivity contribution in [2.75, 3.05) is 0 Å². The van der Waals surface area contributed by atoms with Crippen LogP contribution in [0.3, 0.4) is 0 Å². The van der Waals surface area contributed by atoms with Crippen LogP contribution in [0.5, 0.6) is 0 Å². The van der Waals surface area contributed by atoms with E-state index in [1.54, 1.807) is 36.4 Å². The highest BCUT2D eigenvalue weighted by Gasteiger charge is 2.31. The van der Waals surface area contributed by atoms with Crippen molar-refractivity contribution in [1.29, 1.82) is 0 Å². The predicted octanol–water partition coefficient (Wildman–Crippen LogP) is 5.62. The number of sulfonamides is 1. The predicted molar refractivity (Wildman–Crippen MR) is 125 cm³/mol. The first-order chi connectivity index (χ1) is 16.5. The fourth-order valence-electron chi connectivity index (χ4n) is 3.89. The lowest BCUT2D eigenvalue weighted by atomic mass is 9.96. The van der Waals surface area contributed by atoms with Gasteiger partial charge in [-0.25, -0.2) is 17.5 Å². The highest BCUT2D eigenvalue weighted by atomic mass is 32.2. The van der Waals surface area contributed by atoms with Gasteiger partial charge in [0.1, 0.15) is 5.82 Å². The van der Waals surface area contributed by atoms with Gasteiger partial charge in [-0.1, -0.05) is 60.7 Å². The molecule has 0 aliphatic heterocycles. The second-order valence-electron chi connectivity index (χ2n) is 8.10. The van der Waals surface area contributed by atoms with Gasteiger partial charge in [-0.3, -0.25) is 0 Å². The number of alkyl halides is 3. The maximum Gasteiger partial charge on any atom is 0.416 e. The van der Waals surface area contributed by atoms with Gasteiger partial charge in [0.25, 0.3) is 0 Å². The molecule has 0 spiro atoms. The average Bonchev–Trinajstić information content (AvgIpc) is 2.83. The Bertz CT molecular complexity index is 1410. The number of hydrogen-bond acceptors (Lipinski definition) is 3. The van der Waals surface area contributed by atoms with Crippen LogP contribution in [0, 0.1) is 5.82 Å². The lowest BCUT2D eigenvalue weighted by molar-refractivity contribution is -0.137. The molecule has 4 aromatic rings.